The van der Waals surface area contributed by atoms with Gasteiger partial charge in [-0.25, -0.2) is 0 Å². The molecule has 0 aromatic heterocycles. The van der Waals surface area contributed by atoms with Crippen molar-refractivity contribution in [1.82, 2.24) is 0 Å². The average molecular weight is 582 g/mol. The highest BCUT2D eigenvalue weighted by molar-refractivity contribution is 5.66. The first kappa shape index (κ1) is 39.1. The molecular weight excluding hydrogens is 518 g/mol. The number of quaternary nitrogens is 1. The summed E-state index contributed by atoms with van der Waals surface area (Å²) in [7, 11) is 0. The van der Waals surface area contributed by atoms with Crippen molar-refractivity contribution in [1.29, 1.82) is 0 Å². The van der Waals surface area contributed by atoms with Gasteiger partial charge in [-0.15, -0.1) is 0 Å². The van der Waals surface area contributed by atoms with Gasteiger partial charge in [0.25, 0.3) is 0 Å². The number of carboxylic acids is 3. The van der Waals surface area contributed by atoms with Gasteiger partial charge >= 0.3 is 11.9 Å². The third-order valence-electron chi connectivity index (χ3n) is 8.20. The zero-order chi connectivity index (χ0) is 30.4. The number of unbranched alkanes of at least 4 members (excludes halogenated alkanes) is 16. The lowest BCUT2D eigenvalue weighted by atomic mass is 10.0. The molecule has 0 spiro atoms. The maximum absolute atomic E-state index is 11.1. The van der Waals surface area contributed by atoms with Gasteiger partial charge in [0, 0.05) is 25.2 Å². The molecule has 2 N–H and O–H groups in total. The first-order valence-electron chi connectivity index (χ1n) is 16.9. The average Bonchev–Trinajstić information content (AvgIpc) is 2.91. The summed E-state index contributed by atoms with van der Waals surface area (Å²) in [5.74, 6) is -2.74. The maximum Gasteiger partial charge on any atom is 0.303 e. The Morgan fingerprint density at radius 1 is 0.512 bits per heavy atom. The number of hydrogen-bond donors (Lipinski definition) is 2. The van der Waals surface area contributed by atoms with Gasteiger partial charge in [-0.3, -0.25) is 9.59 Å². The molecule has 0 aliphatic rings. The smallest absolute Gasteiger partial charge is 0.303 e. The summed E-state index contributed by atoms with van der Waals surface area (Å²) < 4.78 is 0.612. The van der Waals surface area contributed by atoms with Crippen molar-refractivity contribution in [3.05, 3.63) is 12.2 Å². The molecule has 0 amide bonds. The predicted octanol–water partition coefficient (Wildman–Crippen LogP) is 7.66. The van der Waals surface area contributed by atoms with E-state index < -0.39 is 17.9 Å². The van der Waals surface area contributed by atoms with E-state index in [4.69, 9.17) is 10.2 Å². The van der Waals surface area contributed by atoms with Crippen LogP contribution in [-0.2, 0) is 14.4 Å². The number of aliphatic carboxylic acids is 3. The minimum absolute atomic E-state index is 0.0204. The second-order valence-electron chi connectivity index (χ2n) is 12.1. The predicted molar refractivity (Wildman–Crippen MR) is 166 cm³/mol. The minimum Gasteiger partial charge on any atom is -0.550 e. The molecule has 0 aromatic carbocycles. The molecule has 240 valence electrons. The molecule has 0 aromatic rings. The number of carbonyl (C=O) groups excluding carboxylic acids is 1. The van der Waals surface area contributed by atoms with Crippen LogP contribution in [0.2, 0.25) is 0 Å². The Morgan fingerprint density at radius 2 is 0.854 bits per heavy atom. The Bertz CT molecular complexity index is 628. The molecule has 0 radical (unpaired) electrons. The Hall–Kier alpha value is -1.89. The molecule has 0 saturated carbocycles. The van der Waals surface area contributed by atoms with Crippen molar-refractivity contribution < 1.29 is 34.2 Å². The van der Waals surface area contributed by atoms with Gasteiger partial charge in [0.05, 0.1) is 39.0 Å². The lowest BCUT2D eigenvalue weighted by Gasteiger charge is -2.39. The van der Waals surface area contributed by atoms with E-state index in [1.807, 2.05) is 0 Å². The van der Waals surface area contributed by atoms with Crippen LogP contribution in [0.5, 0.6) is 0 Å². The van der Waals surface area contributed by atoms with Gasteiger partial charge in [-0.2, -0.15) is 0 Å². The Morgan fingerprint density at radius 3 is 1.24 bits per heavy atom. The normalized spacial score (nSPS) is 11.8. The van der Waals surface area contributed by atoms with E-state index in [0.29, 0.717) is 43.4 Å². The van der Waals surface area contributed by atoms with Gasteiger partial charge in [-0.1, -0.05) is 96.1 Å². The van der Waals surface area contributed by atoms with Crippen molar-refractivity contribution in [2.75, 3.05) is 26.2 Å². The van der Waals surface area contributed by atoms with E-state index in [2.05, 4.69) is 19.1 Å². The molecule has 0 saturated heterocycles. The highest BCUT2D eigenvalue weighted by atomic mass is 16.4. The Kier molecular flexibility index (Phi) is 26.9. The zero-order valence-corrected chi connectivity index (χ0v) is 26.4. The van der Waals surface area contributed by atoms with Crippen molar-refractivity contribution >= 4 is 17.9 Å². The molecule has 0 heterocycles. The van der Waals surface area contributed by atoms with E-state index in [9.17, 15) is 19.5 Å². The third kappa shape index (κ3) is 28.0. The molecule has 0 unspecified atom stereocenters. The van der Waals surface area contributed by atoms with E-state index in [1.54, 1.807) is 0 Å². The molecular formula is C34H63NO6. The first-order valence-corrected chi connectivity index (χ1v) is 16.9. The lowest BCUT2D eigenvalue weighted by Crippen LogP contribution is -2.51. The summed E-state index contributed by atoms with van der Waals surface area (Å²) in [6.07, 6.45) is 29.4. The molecule has 0 aliphatic carbocycles. The van der Waals surface area contributed by atoms with Crippen LogP contribution < -0.4 is 5.11 Å². The van der Waals surface area contributed by atoms with Crippen LogP contribution in [0.3, 0.4) is 0 Å². The van der Waals surface area contributed by atoms with Crippen LogP contribution in [-0.4, -0.2) is 58.8 Å². The monoisotopic (exact) mass is 581 g/mol. The fraction of sp³-hybridized carbons (Fsp3) is 0.853. The number of carbonyl (C=O) groups is 3. The van der Waals surface area contributed by atoms with Gasteiger partial charge in [-0.05, 0) is 44.9 Å². The van der Waals surface area contributed by atoms with Crippen LogP contribution >= 0.6 is 0 Å². The summed E-state index contributed by atoms with van der Waals surface area (Å²) in [6, 6.07) is 0. The standard InChI is InChI=1S/C34H63NO6/c1-2-3-4-5-6-7-8-9-10-11-12-13-14-15-16-17-18-19-20-21-28-35(29-22-25-32(36)37,30-23-26-33(38)39)31-24-27-34(40)41/h10-11H,2-9,12-31H2,1H3,(H2-,36,37,38,39,40,41)/b11-10+. The van der Waals surface area contributed by atoms with E-state index in [0.717, 1.165) is 19.4 Å². The van der Waals surface area contributed by atoms with Crippen molar-refractivity contribution in [2.24, 2.45) is 0 Å². The fourth-order valence-corrected chi connectivity index (χ4v) is 5.76. The number of rotatable bonds is 32. The second-order valence-corrected chi connectivity index (χ2v) is 12.1. The highest BCUT2D eigenvalue weighted by Crippen LogP contribution is 2.19. The minimum atomic E-state index is -1.07. The largest absolute Gasteiger partial charge is 0.550 e. The summed E-state index contributed by atoms with van der Waals surface area (Å²) in [5.41, 5.74) is 0. The topological polar surface area (TPSA) is 115 Å². The molecule has 7 nitrogen and oxygen atoms in total. The van der Waals surface area contributed by atoms with E-state index >= 15 is 0 Å². The summed E-state index contributed by atoms with van der Waals surface area (Å²) in [4.78, 5) is 33.1. The van der Waals surface area contributed by atoms with Crippen molar-refractivity contribution in [2.45, 2.75) is 161 Å². The van der Waals surface area contributed by atoms with Crippen LogP contribution in [0.4, 0.5) is 0 Å². The fourth-order valence-electron chi connectivity index (χ4n) is 5.76. The first-order chi connectivity index (χ1) is 19.8. The molecule has 0 atom stereocenters. The van der Waals surface area contributed by atoms with Crippen LogP contribution in [0.1, 0.15) is 161 Å². The molecule has 0 bridgehead atoms. The molecule has 0 rings (SSSR count). The van der Waals surface area contributed by atoms with Gasteiger partial charge in [0.1, 0.15) is 0 Å². The molecule has 0 fully saturated rings. The quantitative estimate of drug-likeness (QED) is 0.0479. The van der Waals surface area contributed by atoms with Crippen LogP contribution in [0, 0.1) is 0 Å². The number of nitrogens with zero attached hydrogens (tertiary/aromatic N) is 1. The SMILES string of the molecule is CCCCCCCCC/C=C/CCCCCCCCCCC[N+](CCCC(=O)[O-])(CCCC(=O)O)CCCC(=O)O. The Balaban J connectivity index is 4.10. The highest BCUT2D eigenvalue weighted by Gasteiger charge is 2.26. The number of hydrogen-bond acceptors (Lipinski definition) is 4. The lowest BCUT2D eigenvalue weighted by molar-refractivity contribution is -0.929. The van der Waals surface area contributed by atoms with E-state index in [-0.39, 0.29) is 19.3 Å². The molecule has 41 heavy (non-hydrogen) atoms. The molecule has 0 aliphatic heterocycles. The van der Waals surface area contributed by atoms with Crippen LogP contribution in [0.25, 0.3) is 0 Å². The molecule has 7 heteroatoms. The van der Waals surface area contributed by atoms with Gasteiger partial charge in [0.2, 0.25) is 0 Å². The zero-order valence-electron chi connectivity index (χ0n) is 26.4. The summed E-state index contributed by atoms with van der Waals surface area (Å²) >= 11 is 0. The number of allylic oxidation sites excluding steroid dienone is 2. The van der Waals surface area contributed by atoms with Gasteiger partial charge < -0.3 is 24.6 Å². The second kappa shape index (κ2) is 28.2. The summed E-state index contributed by atoms with van der Waals surface area (Å²) in [5, 5.41) is 29.1. The Labute approximate surface area is 251 Å². The van der Waals surface area contributed by atoms with Crippen molar-refractivity contribution in [3.63, 3.8) is 0 Å². The van der Waals surface area contributed by atoms with Gasteiger partial charge in [0.15, 0.2) is 0 Å². The number of carboxylic acid groups (broad SMARTS) is 3. The van der Waals surface area contributed by atoms with Crippen LogP contribution in [0.15, 0.2) is 12.2 Å². The van der Waals surface area contributed by atoms with Crippen molar-refractivity contribution in [3.8, 4) is 0 Å². The maximum atomic E-state index is 11.1. The summed E-state index contributed by atoms with van der Waals surface area (Å²) in [6.45, 7) is 5.03. The van der Waals surface area contributed by atoms with E-state index in [1.165, 1.54) is 103 Å². The third-order valence-corrected chi connectivity index (χ3v) is 8.20.